The van der Waals surface area contributed by atoms with Crippen LogP contribution in [0.2, 0.25) is 0 Å². The zero-order valence-electron chi connectivity index (χ0n) is 11.5. The lowest BCUT2D eigenvalue weighted by Crippen LogP contribution is -2.15. The summed E-state index contributed by atoms with van der Waals surface area (Å²) in [6.45, 7) is 8.55. The molecule has 0 radical (unpaired) electrons. The second-order valence-corrected chi connectivity index (χ2v) is 5.07. The molecule has 0 atom stereocenters. The minimum Gasteiger partial charge on any atom is -0.494 e. The van der Waals surface area contributed by atoms with Crippen molar-refractivity contribution in [3.63, 3.8) is 0 Å². The molecule has 0 aliphatic heterocycles. The van der Waals surface area contributed by atoms with Crippen LogP contribution in [0, 0.1) is 0 Å². The minimum absolute atomic E-state index is 0.255. The predicted molar refractivity (Wildman–Crippen MR) is 73.8 cm³/mol. The van der Waals surface area contributed by atoms with Crippen molar-refractivity contribution in [2.75, 3.05) is 20.2 Å². The van der Waals surface area contributed by atoms with Crippen LogP contribution in [0.3, 0.4) is 0 Å². The highest BCUT2D eigenvalue weighted by atomic mass is 16.5. The van der Waals surface area contributed by atoms with Gasteiger partial charge in [0.05, 0.1) is 6.61 Å². The topological polar surface area (TPSA) is 21.3 Å². The molecule has 1 rings (SSSR count). The first-order valence-electron chi connectivity index (χ1n) is 6.48. The summed E-state index contributed by atoms with van der Waals surface area (Å²) >= 11 is 0. The third-order valence-corrected chi connectivity index (χ3v) is 3.36. The average molecular weight is 235 g/mol. The van der Waals surface area contributed by atoms with Crippen molar-refractivity contribution < 1.29 is 4.74 Å². The van der Waals surface area contributed by atoms with Gasteiger partial charge in [-0.1, -0.05) is 32.9 Å². The van der Waals surface area contributed by atoms with E-state index in [0.29, 0.717) is 0 Å². The van der Waals surface area contributed by atoms with Gasteiger partial charge in [-0.25, -0.2) is 0 Å². The van der Waals surface area contributed by atoms with Gasteiger partial charge in [-0.15, -0.1) is 0 Å². The Balaban J connectivity index is 2.50. The molecule has 0 amide bonds. The molecular weight excluding hydrogens is 210 g/mol. The van der Waals surface area contributed by atoms with Gasteiger partial charge in [-0.05, 0) is 49.5 Å². The van der Waals surface area contributed by atoms with Gasteiger partial charge in [0, 0.05) is 0 Å². The third-order valence-electron chi connectivity index (χ3n) is 3.36. The van der Waals surface area contributed by atoms with E-state index in [1.54, 1.807) is 0 Å². The fraction of sp³-hybridized carbons (Fsp3) is 0.600. The predicted octanol–water partition coefficient (Wildman–Crippen LogP) is 3.36. The highest BCUT2D eigenvalue weighted by molar-refractivity contribution is 5.31. The van der Waals surface area contributed by atoms with Gasteiger partial charge >= 0.3 is 0 Å². The van der Waals surface area contributed by atoms with Crippen molar-refractivity contribution in [2.45, 2.75) is 39.0 Å². The molecule has 96 valence electrons. The first-order chi connectivity index (χ1) is 8.10. The molecule has 2 nitrogen and oxygen atoms in total. The van der Waals surface area contributed by atoms with E-state index < -0.39 is 0 Å². The molecule has 1 aromatic carbocycles. The lowest BCUT2D eigenvalue weighted by molar-refractivity contribution is 0.309. The van der Waals surface area contributed by atoms with Crippen LogP contribution < -0.4 is 10.1 Å². The zero-order valence-corrected chi connectivity index (χ0v) is 11.5. The molecule has 0 fully saturated rings. The maximum atomic E-state index is 5.67. The summed E-state index contributed by atoms with van der Waals surface area (Å²) in [7, 11) is 1.96. The fourth-order valence-corrected chi connectivity index (χ4v) is 1.65. The maximum absolute atomic E-state index is 5.67. The van der Waals surface area contributed by atoms with E-state index in [2.05, 4.69) is 50.4 Å². The Morgan fingerprint density at radius 1 is 1.18 bits per heavy atom. The SMILES string of the molecule is CCC(C)(C)c1ccc(OCCCNC)cc1. The van der Waals surface area contributed by atoms with E-state index in [1.807, 2.05) is 7.05 Å². The summed E-state index contributed by atoms with van der Waals surface area (Å²) in [6.07, 6.45) is 2.19. The lowest BCUT2D eigenvalue weighted by atomic mass is 9.82. The molecule has 1 N–H and O–H groups in total. The highest BCUT2D eigenvalue weighted by Crippen LogP contribution is 2.27. The summed E-state index contributed by atoms with van der Waals surface area (Å²) in [6, 6.07) is 8.51. The molecule has 0 unspecified atom stereocenters. The van der Waals surface area contributed by atoms with Crippen LogP contribution in [-0.2, 0) is 5.41 Å². The van der Waals surface area contributed by atoms with Crippen LogP contribution >= 0.6 is 0 Å². The van der Waals surface area contributed by atoms with Gasteiger partial charge in [0.1, 0.15) is 5.75 Å². The average Bonchev–Trinajstić information content (AvgIpc) is 2.35. The molecule has 1 aromatic rings. The van der Waals surface area contributed by atoms with Crippen LogP contribution in [0.5, 0.6) is 5.75 Å². The quantitative estimate of drug-likeness (QED) is 0.732. The van der Waals surface area contributed by atoms with Gasteiger partial charge in [0.25, 0.3) is 0 Å². The van der Waals surface area contributed by atoms with Crippen LogP contribution in [0.15, 0.2) is 24.3 Å². The van der Waals surface area contributed by atoms with Gasteiger partial charge in [0.15, 0.2) is 0 Å². The number of rotatable bonds is 7. The molecule has 17 heavy (non-hydrogen) atoms. The van der Waals surface area contributed by atoms with Crippen molar-refractivity contribution in [2.24, 2.45) is 0 Å². The molecular formula is C15H25NO. The van der Waals surface area contributed by atoms with Crippen molar-refractivity contribution in [3.8, 4) is 5.75 Å². The number of benzene rings is 1. The molecule has 0 saturated heterocycles. The van der Waals surface area contributed by atoms with Crippen molar-refractivity contribution in [1.29, 1.82) is 0 Å². The minimum atomic E-state index is 0.255. The van der Waals surface area contributed by atoms with E-state index >= 15 is 0 Å². The summed E-state index contributed by atoms with van der Waals surface area (Å²) in [4.78, 5) is 0. The Hall–Kier alpha value is -1.02. The number of nitrogens with one attached hydrogen (secondary N) is 1. The van der Waals surface area contributed by atoms with Crippen LogP contribution in [0.25, 0.3) is 0 Å². The molecule has 0 bridgehead atoms. The van der Waals surface area contributed by atoms with Crippen LogP contribution in [0.4, 0.5) is 0 Å². The summed E-state index contributed by atoms with van der Waals surface area (Å²) in [5, 5.41) is 3.11. The van der Waals surface area contributed by atoms with Crippen molar-refractivity contribution >= 4 is 0 Å². The normalized spacial score (nSPS) is 11.5. The lowest BCUT2D eigenvalue weighted by Gasteiger charge is -2.23. The first-order valence-corrected chi connectivity index (χ1v) is 6.48. The highest BCUT2D eigenvalue weighted by Gasteiger charge is 2.17. The number of ether oxygens (including phenoxy) is 1. The summed E-state index contributed by atoms with van der Waals surface area (Å²) in [5.41, 5.74) is 1.63. The Morgan fingerprint density at radius 2 is 1.82 bits per heavy atom. The summed E-state index contributed by atoms with van der Waals surface area (Å²) in [5.74, 6) is 0.969. The molecule has 2 heteroatoms. The Labute approximate surface area is 105 Å². The zero-order chi connectivity index (χ0) is 12.7. The first kappa shape index (κ1) is 14.0. The van der Waals surface area contributed by atoms with E-state index in [4.69, 9.17) is 4.74 Å². The second kappa shape index (κ2) is 6.65. The smallest absolute Gasteiger partial charge is 0.119 e. The molecule has 0 aromatic heterocycles. The molecule has 0 heterocycles. The maximum Gasteiger partial charge on any atom is 0.119 e. The standard InChI is InChI=1S/C15H25NO/c1-5-15(2,3)13-7-9-14(10-8-13)17-12-6-11-16-4/h7-10,16H,5-6,11-12H2,1-4H3. The van der Waals surface area contributed by atoms with Gasteiger partial charge in [-0.2, -0.15) is 0 Å². The van der Waals surface area contributed by atoms with Crippen LogP contribution in [-0.4, -0.2) is 20.2 Å². The number of hydrogen-bond acceptors (Lipinski definition) is 2. The largest absolute Gasteiger partial charge is 0.494 e. The number of hydrogen-bond donors (Lipinski definition) is 1. The Kier molecular flexibility index (Phi) is 5.49. The van der Waals surface area contributed by atoms with Gasteiger partial charge in [0.2, 0.25) is 0 Å². The van der Waals surface area contributed by atoms with Crippen LogP contribution in [0.1, 0.15) is 39.2 Å². The van der Waals surface area contributed by atoms with E-state index in [0.717, 1.165) is 31.7 Å². The van der Waals surface area contributed by atoms with Gasteiger partial charge in [-0.3, -0.25) is 0 Å². The third kappa shape index (κ3) is 4.39. The van der Waals surface area contributed by atoms with E-state index in [9.17, 15) is 0 Å². The van der Waals surface area contributed by atoms with E-state index in [1.165, 1.54) is 5.56 Å². The molecule has 0 spiro atoms. The molecule has 0 aliphatic rings. The fourth-order valence-electron chi connectivity index (χ4n) is 1.65. The molecule has 0 aliphatic carbocycles. The second-order valence-electron chi connectivity index (χ2n) is 5.07. The van der Waals surface area contributed by atoms with E-state index in [-0.39, 0.29) is 5.41 Å². The Bertz CT molecular complexity index is 316. The van der Waals surface area contributed by atoms with Crippen molar-refractivity contribution in [1.82, 2.24) is 5.32 Å². The van der Waals surface area contributed by atoms with Crippen molar-refractivity contribution in [3.05, 3.63) is 29.8 Å². The van der Waals surface area contributed by atoms with Gasteiger partial charge < -0.3 is 10.1 Å². The Morgan fingerprint density at radius 3 is 2.35 bits per heavy atom. The monoisotopic (exact) mass is 235 g/mol. The molecule has 0 saturated carbocycles. The summed E-state index contributed by atoms with van der Waals surface area (Å²) < 4.78 is 5.67.